The third-order valence-corrected chi connectivity index (χ3v) is 4.69. The first-order valence-electron chi connectivity index (χ1n) is 8.63. The van der Waals surface area contributed by atoms with Gasteiger partial charge in [-0.2, -0.15) is 0 Å². The van der Waals surface area contributed by atoms with Crippen molar-refractivity contribution in [3.05, 3.63) is 35.9 Å². The highest BCUT2D eigenvalue weighted by Crippen LogP contribution is 2.24. The number of nitrogens with two attached hydrogens (primary N) is 1. The van der Waals surface area contributed by atoms with Gasteiger partial charge in [0.1, 0.15) is 6.61 Å². The number of carbonyl (C=O) groups excluding carboxylic acids is 2. The van der Waals surface area contributed by atoms with E-state index in [-0.39, 0.29) is 17.8 Å². The number of carbonyl (C=O) groups is 2. The fourth-order valence-corrected chi connectivity index (χ4v) is 2.76. The number of nitrogens with zero attached hydrogens (tertiary/aromatic N) is 1. The van der Waals surface area contributed by atoms with Crippen molar-refractivity contribution in [1.29, 1.82) is 0 Å². The highest BCUT2D eigenvalue weighted by molar-refractivity contribution is 5.99. The van der Waals surface area contributed by atoms with Crippen molar-refractivity contribution in [2.24, 2.45) is 11.7 Å². The van der Waals surface area contributed by atoms with E-state index in [1.54, 1.807) is 0 Å². The summed E-state index contributed by atoms with van der Waals surface area (Å²) in [5, 5.41) is 0. The number of likely N-dealkylation sites (tertiary alicyclic amines) is 1. The summed E-state index contributed by atoms with van der Waals surface area (Å²) in [5.41, 5.74) is 6.06. The highest BCUT2D eigenvalue weighted by Gasteiger charge is 2.29. The second kappa shape index (κ2) is 8.94. The van der Waals surface area contributed by atoms with Crippen LogP contribution in [0.1, 0.15) is 38.2 Å². The lowest BCUT2D eigenvalue weighted by Gasteiger charge is -2.34. The Morgan fingerprint density at radius 2 is 1.96 bits per heavy atom. The molecule has 1 aromatic carbocycles. The van der Waals surface area contributed by atoms with E-state index < -0.39 is 0 Å². The minimum atomic E-state index is -0.0880. The second-order valence-electron chi connectivity index (χ2n) is 6.85. The lowest BCUT2D eigenvalue weighted by molar-refractivity contribution is -0.146. The number of piperidine rings is 1. The maximum Gasteiger partial charge on any atom is 0.306 e. The quantitative estimate of drug-likeness (QED) is 0.855. The number of hydrogen-bond acceptors (Lipinski definition) is 5. The van der Waals surface area contributed by atoms with Gasteiger partial charge in [-0.3, -0.25) is 9.59 Å². The molecule has 1 saturated carbocycles. The lowest BCUT2D eigenvalue weighted by atomic mass is 9.89. The van der Waals surface area contributed by atoms with Crippen molar-refractivity contribution in [2.45, 2.75) is 51.3 Å². The van der Waals surface area contributed by atoms with E-state index in [1.165, 1.54) is 0 Å². The summed E-state index contributed by atoms with van der Waals surface area (Å²) in [4.78, 5) is 24.0. The predicted octanol–water partition coefficient (Wildman–Crippen LogP) is 2.14. The third-order valence-electron chi connectivity index (χ3n) is 4.69. The first-order valence-corrected chi connectivity index (χ1v) is 8.63. The maximum absolute atomic E-state index is 11.8. The summed E-state index contributed by atoms with van der Waals surface area (Å²) in [5.74, 6) is 0.616. The molecule has 3 unspecified atom stereocenters. The van der Waals surface area contributed by atoms with Crippen LogP contribution in [0.25, 0.3) is 0 Å². The summed E-state index contributed by atoms with van der Waals surface area (Å²) in [6.07, 6.45) is 3.36. The van der Waals surface area contributed by atoms with E-state index in [2.05, 4.69) is 18.9 Å². The Kier molecular flexibility index (Phi) is 6.94. The Hall–Kier alpha value is -1.72. The van der Waals surface area contributed by atoms with Gasteiger partial charge in [0.15, 0.2) is 5.78 Å². The summed E-state index contributed by atoms with van der Waals surface area (Å²) in [6, 6.07) is 10.3. The zero-order valence-electron chi connectivity index (χ0n) is 14.6. The molecular formula is C19H28N2O3. The topological polar surface area (TPSA) is 72.6 Å². The van der Waals surface area contributed by atoms with Crippen LogP contribution in [-0.2, 0) is 20.9 Å². The normalized spacial score (nSPS) is 26.3. The number of benzene rings is 1. The summed E-state index contributed by atoms with van der Waals surface area (Å²) in [7, 11) is 2.15. The maximum atomic E-state index is 11.8. The van der Waals surface area contributed by atoms with Gasteiger partial charge < -0.3 is 15.4 Å². The Balaban J connectivity index is 0.000000355. The van der Waals surface area contributed by atoms with Crippen LogP contribution in [0.15, 0.2) is 30.3 Å². The van der Waals surface area contributed by atoms with E-state index in [0.29, 0.717) is 31.4 Å². The van der Waals surface area contributed by atoms with Crippen molar-refractivity contribution in [3.8, 4) is 0 Å². The molecule has 24 heavy (non-hydrogen) atoms. The van der Waals surface area contributed by atoms with Crippen LogP contribution in [0.5, 0.6) is 0 Å². The molecule has 132 valence electrons. The van der Waals surface area contributed by atoms with E-state index in [1.807, 2.05) is 30.3 Å². The van der Waals surface area contributed by atoms with E-state index in [0.717, 1.165) is 24.9 Å². The van der Waals surface area contributed by atoms with Gasteiger partial charge in [0.05, 0.1) is 6.04 Å². The van der Waals surface area contributed by atoms with Crippen molar-refractivity contribution >= 4 is 11.8 Å². The SMILES string of the molecule is CC1CC(CC(=O)OCc2ccccc2)CCN1C.NC1CC1=O. The van der Waals surface area contributed by atoms with Crippen molar-refractivity contribution in [3.63, 3.8) is 0 Å². The van der Waals surface area contributed by atoms with Crippen LogP contribution in [0, 0.1) is 5.92 Å². The molecule has 2 aliphatic rings. The van der Waals surface area contributed by atoms with Crippen LogP contribution in [0.3, 0.4) is 0 Å². The van der Waals surface area contributed by atoms with Crippen LogP contribution in [0.2, 0.25) is 0 Å². The zero-order chi connectivity index (χ0) is 17.5. The van der Waals surface area contributed by atoms with Gasteiger partial charge in [0.2, 0.25) is 0 Å². The summed E-state index contributed by atoms with van der Waals surface area (Å²) >= 11 is 0. The molecule has 1 heterocycles. The van der Waals surface area contributed by atoms with Gasteiger partial charge in [0, 0.05) is 18.9 Å². The third kappa shape index (κ3) is 6.42. The molecule has 1 aliphatic carbocycles. The van der Waals surface area contributed by atoms with Gasteiger partial charge in [-0.25, -0.2) is 0 Å². The minimum absolute atomic E-state index is 0.0643. The molecule has 0 bridgehead atoms. The molecule has 1 aromatic rings. The molecule has 2 N–H and O–H groups in total. The van der Waals surface area contributed by atoms with Crippen molar-refractivity contribution < 1.29 is 14.3 Å². The molecule has 0 radical (unpaired) electrons. The Morgan fingerprint density at radius 1 is 1.33 bits per heavy atom. The standard InChI is InChI=1S/C16H23NO2.C3H5NO/c1-13-10-15(8-9-17(13)2)11-16(18)19-12-14-6-4-3-5-7-14;4-2-1-3(2)5/h3-7,13,15H,8-12H2,1-2H3;2H,1,4H2. The molecule has 5 nitrogen and oxygen atoms in total. The first kappa shape index (κ1) is 18.6. The first-order chi connectivity index (χ1) is 11.5. The molecule has 2 fully saturated rings. The van der Waals surface area contributed by atoms with Gasteiger partial charge in [0.25, 0.3) is 0 Å². The lowest BCUT2D eigenvalue weighted by Crippen LogP contribution is -2.38. The van der Waals surface area contributed by atoms with Crippen molar-refractivity contribution in [1.82, 2.24) is 4.90 Å². The largest absolute Gasteiger partial charge is 0.461 e. The highest BCUT2D eigenvalue weighted by atomic mass is 16.5. The number of ketones is 1. The van der Waals surface area contributed by atoms with Crippen LogP contribution >= 0.6 is 0 Å². The Labute approximate surface area is 144 Å². The van der Waals surface area contributed by atoms with E-state index >= 15 is 0 Å². The molecule has 0 spiro atoms. The molecule has 1 saturated heterocycles. The number of Topliss-reactive ketones (excluding diaryl/α,β-unsaturated/α-hetero) is 1. The van der Waals surface area contributed by atoms with Crippen molar-refractivity contribution in [2.75, 3.05) is 13.6 Å². The van der Waals surface area contributed by atoms with Gasteiger partial charge in [-0.05, 0) is 44.8 Å². The van der Waals surface area contributed by atoms with Crippen LogP contribution < -0.4 is 5.73 Å². The fraction of sp³-hybridized carbons (Fsp3) is 0.579. The predicted molar refractivity (Wildman–Crippen MR) is 93.3 cm³/mol. The minimum Gasteiger partial charge on any atom is -0.461 e. The van der Waals surface area contributed by atoms with Crippen LogP contribution in [0.4, 0.5) is 0 Å². The fourth-order valence-electron chi connectivity index (χ4n) is 2.76. The second-order valence-corrected chi connectivity index (χ2v) is 6.85. The molecule has 0 amide bonds. The Morgan fingerprint density at radius 3 is 2.50 bits per heavy atom. The zero-order valence-corrected chi connectivity index (χ0v) is 14.6. The molecule has 5 heteroatoms. The molecule has 3 atom stereocenters. The van der Waals surface area contributed by atoms with Crippen LogP contribution in [-0.4, -0.2) is 42.3 Å². The van der Waals surface area contributed by atoms with Gasteiger partial charge in [-0.1, -0.05) is 30.3 Å². The van der Waals surface area contributed by atoms with E-state index in [9.17, 15) is 9.59 Å². The average Bonchev–Trinajstić information content (AvgIpc) is 3.23. The molecule has 1 aliphatic heterocycles. The molecular weight excluding hydrogens is 304 g/mol. The average molecular weight is 332 g/mol. The van der Waals surface area contributed by atoms with Gasteiger partial charge in [-0.15, -0.1) is 0 Å². The number of ether oxygens (including phenoxy) is 1. The monoisotopic (exact) mass is 332 g/mol. The van der Waals surface area contributed by atoms with E-state index in [4.69, 9.17) is 10.5 Å². The number of hydrogen-bond donors (Lipinski definition) is 1. The summed E-state index contributed by atoms with van der Waals surface area (Å²) < 4.78 is 5.34. The molecule has 0 aromatic heterocycles. The Bertz CT molecular complexity index is 547. The summed E-state index contributed by atoms with van der Waals surface area (Å²) in [6.45, 7) is 3.70. The number of esters is 1. The molecule has 3 rings (SSSR count). The van der Waals surface area contributed by atoms with Gasteiger partial charge >= 0.3 is 5.97 Å². The smallest absolute Gasteiger partial charge is 0.306 e. The number of rotatable bonds is 4.